The predicted octanol–water partition coefficient (Wildman–Crippen LogP) is 2.62. The lowest BCUT2D eigenvalue weighted by molar-refractivity contribution is -0.188. The van der Waals surface area contributed by atoms with E-state index in [1.165, 1.54) is 0 Å². The van der Waals surface area contributed by atoms with Crippen LogP contribution < -0.4 is 5.32 Å². The quantitative estimate of drug-likeness (QED) is 0.802. The number of nitrogens with one attached hydrogen (secondary N) is 1. The monoisotopic (exact) mass is 332 g/mol. The molecule has 1 aliphatic heterocycles. The van der Waals surface area contributed by atoms with E-state index in [1.54, 1.807) is 4.90 Å². The molecule has 3 rings (SSSR count). The summed E-state index contributed by atoms with van der Waals surface area (Å²) in [5.74, 6) is -2.41. The Kier molecular flexibility index (Phi) is 4.56. The van der Waals surface area contributed by atoms with Crippen LogP contribution in [0.2, 0.25) is 0 Å². The molecule has 0 bridgehead atoms. The Morgan fingerprint density at radius 1 is 1.09 bits per heavy atom. The Balaban J connectivity index is 1.71. The van der Waals surface area contributed by atoms with E-state index < -0.39 is 18.0 Å². The van der Waals surface area contributed by atoms with Crippen LogP contribution in [0.5, 0.6) is 0 Å². The first-order chi connectivity index (χ1) is 10.9. The van der Waals surface area contributed by atoms with Gasteiger partial charge in [-0.05, 0) is 32.1 Å². The normalized spacial score (nSPS) is 35.4. The fourth-order valence-electron chi connectivity index (χ4n) is 4.36. The topological polar surface area (TPSA) is 49.4 Å². The van der Waals surface area contributed by atoms with E-state index in [0.717, 1.165) is 25.7 Å². The average molecular weight is 332 g/mol. The number of hydrogen-bond acceptors (Lipinski definition) is 2. The molecular formula is C16H23F3N2O2. The number of halogens is 3. The van der Waals surface area contributed by atoms with Crippen LogP contribution in [0.15, 0.2) is 0 Å². The number of hydrogen-bond donors (Lipinski definition) is 1. The lowest BCUT2D eigenvalue weighted by atomic mass is 9.79. The molecule has 2 amide bonds. The van der Waals surface area contributed by atoms with Crippen LogP contribution >= 0.6 is 0 Å². The van der Waals surface area contributed by atoms with Crippen LogP contribution in [0.3, 0.4) is 0 Å². The second kappa shape index (κ2) is 6.32. The summed E-state index contributed by atoms with van der Waals surface area (Å²) >= 11 is 0. The van der Waals surface area contributed by atoms with Crippen LogP contribution in [0, 0.1) is 11.8 Å². The van der Waals surface area contributed by atoms with Gasteiger partial charge in [0, 0.05) is 12.0 Å². The first-order valence-electron chi connectivity index (χ1n) is 8.53. The van der Waals surface area contributed by atoms with Gasteiger partial charge in [0.1, 0.15) is 0 Å². The number of alkyl halides is 3. The van der Waals surface area contributed by atoms with Gasteiger partial charge >= 0.3 is 6.18 Å². The molecule has 0 spiro atoms. The lowest BCUT2D eigenvalue weighted by Gasteiger charge is -2.45. The summed E-state index contributed by atoms with van der Waals surface area (Å²) in [7, 11) is 0. The zero-order chi connectivity index (χ0) is 16.6. The zero-order valence-electron chi connectivity index (χ0n) is 13.1. The molecule has 0 radical (unpaired) electrons. The first-order valence-corrected chi connectivity index (χ1v) is 8.53. The van der Waals surface area contributed by atoms with Gasteiger partial charge in [0.05, 0.1) is 18.5 Å². The fourth-order valence-corrected chi connectivity index (χ4v) is 4.36. The van der Waals surface area contributed by atoms with Crippen molar-refractivity contribution in [2.24, 2.45) is 11.8 Å². The van der Waals surface area contributed by atoms with E-state index in [9.17, 15) is 22.8 Å². The third-order valence-corrected chi connectivity index (χ3v) is 5.56. The highest BCUT2D eigenvalue weighted by molar-refractivity contribution is 5.87. The highest BCUT2D eigenvalue weighted by Crippen LogP contribution is 2.41. The Bertz CT molecular complexity index is 480. The highest BCUT2D eigenvalue weighted by Gasteiger charge is 2.46. The van der Waals surface area contributed by atoms with Crippen molar-refractivity contribution in [2.75, 3.05) is 6.54 Å². The Hall–Kier alpha value is -1.27. The number of rotatable bonds is 1. The van der Waals surface area contributed by atoms with Crippen molar-refractivity contribution in [3.8, 4) is 0 Å². The molecule has 3 aliphatic rings. The second-order valence-corrected chi connectivity index (χ2v) is 7.09. The van der Waals surface area contributed by atoms with E-state index >= 15 is 0 Å². The number of carbonyl (C=O) groups is 2. The van der Waals surface area contributed by atoms with Gasteiger partial charge in [-0.2, -0.15) is 13.2 Å². The lowest BCUT2D eigenvalue weighted by Crippen LogP contribution is -2.63. The van der Waals surface area contributed by atoms with Gasteiger partial charge in [-0.3, -0.25) is 9.59 Å². The molecule has 7 heteroatoms. The maximum atomic E-state index is 13.0. The van der Waals surface area contributed by atoms with E-state index in [4.69, 9.17) is 0 Å². The Labute approximate surface area is 133 Å². The molecule has 0 unspecified atom stereocenters. The summed E-state index contributed by atoms with van der Waals surface area (Å²) in [5.41, 5.74) is 0. The smallest absolute Gasteiger partial charge is 0.350 e. The van der Waals surface area contributed by atoms with Crippen molar-refractivity contribution in [1.29, 1.82) is 0 Å². The van der Waals surface area contributed by atoms with Crippen molar-refractivity contribution >= 4 is 11.8 Å². The van der Waals surface area contributed by atoms with Gasteiger partial charge in [-0.25, -0.2) is 0 Å². The maximum absolute atomic E-state index is 13.0. The molecule has 2 aliphatic carbocycles. The predicted molar refractivity (Wildman–Crippen MR) is 77.4 cm³/mol. The molecule has 23 heavy (non-hydrogen) atoms. The van der Waals surface area contributed by atoms with Crippen LogP contribution in [0.1, 0.15) is 51.4 Å². The minimum Gasteiger partial charge on any atom is -0.350 e. The molecule has 1 saturated heterocycles. The molecule has 4 nitrogen and oxygen atoms in total. The van der Waals surface area contributed by atoms with Crippen LogP contribution in [0.4, 0.5) is 13.2 Å². The SMILES string of the molecule is O=C1CN(C(=O)[C@@H]2CCC[C@H](C(F)(F)F)C2)[C@@H]2CCCC[C@H]2N1. The average Bonchev–Trinajstić information content (AvgIpc) is 2.52. The summed E-state index contributed by atoms with van der Waals surface area (Å²) in [4.78, 5) is 26.2. The van der Waals surface area contributed by atoms with Crippen LogP contribution in [-0.4, -0.2) is 41.5 Å². The number of piperazine rings is 1. The summed E-state index contributed by atoms with van der Waals surface area (Å²) in [6.45, 7) is -0.00676. The van der Waals surface area contributed by atoms with Crippen molar-refractivity contribution in [2.45, 2.75) is 69.6 Å². The standard InChI is InChI=1S/C16H23F3N2O2/c17-16(18,19)11-5-3-4-10(8-11)15(23)21-9-14(22)20-12-6-1-2-7-13(12)21/h10-13H,1-9H2,(H,20,22)/t10-,11+,12-,13-/m1/s1. The molecule has 1 heterocycles. The minimum absolute atomic E-state index is 0.00676. The number of amides is 2. The van der Waals surface area contributed by atoms with Crippen LogP contribution in [-0.2, 0) is 9.59 Å². The molecule has 3 fully saturated rings. The molecule has 1 N–H and O–H groups in total. The van der Waals surface area contributed by atoms with Crippen LogP contribution in [0.25, 0.3) is 0 Å². The van der Waals surface area contributed by atoms with E-state index in [0.29, 0.717) is 12.8 Å². The largest absolute Gasteiger partial charge is 0.391 e. The number of fused-ring (bicyclic) bond motifs is 1. The Morgan fingerprint density at radius 3 is 2.57 bits per heavy atom. The van der Waals surface area contributed by atoms with Crippen molar-refractivity contribution in [3.05, 3.63) is 0 Å². The van der Waals surface area contributed by atoms with Gasteiger partial charge in [-0.1, -0.05) is 19.3 Å². The maximum Gasteiger partial charge on any atom is 0.391 e. The van der Waals surface area contributed by atoms with Gasteiger partial charge in [-0.15, -0.1) is 0 Å². The zero-order valence-corrected chi connectivity index (χ0v) is 13.1. The Morgan fingerprint density at radius 2 is 1.83 bits per heavy atom. The molecule has 4 atom stereocenters. The summed E-state index contributed by atoms with van der Waals surface area (Å²) in [6, 6.07) is -0.0730. The van der Waals surface area contributed by atoms with E-state index in [1.807, 2.05) is 0 Å². The number of carbonyl (C=O) groups excluding carboxylic acids is 2. The van der Waals surface area contributed by atoms with E-state index in [-0.39, 0.29) is 43.3 Å². The van der Waals surface area contributed by atoms with Gasteiger partial charge in [0.15, 0.2) is 0 Å². The van der Waals surface area contributed by atoms with E-state index in [2.05, 4.69) is 5.32 Å². The van der Waals surface area contributed by atoms with Gasteiger partial charge < -0.3 is 10.2 Å². The summed E-state index contributed by atoms with van der Waals surface area (Å²) in [6.07, 6.45) is 0.362. The molecule has 2 saturated carbocycles. The molecule has 0 aromatic heterocycles. The summed E-state index contributed by atoms with van der Waals surface area (Å²) in [5, 5.41) is 2.93. The molecular weight excluding hydrogens is 309 g/mol. The highest BCUT2D eigenvalue weighted by atomic mass is 19.4. The molecule has 0 aromatic rings. The first kappa shape index (κ1) is 16.6. The van der Waals surface area contributed by atoms with Crippen molar-refractivity contribution in [3.63, 3.8) is 0 Å². The van der Waals surface area contributed by atoms with Crippen molar-refractivity contribution < 1.29 is 22.8 Å². The molecule has 0 aromatic carbocycles. The number of nitrogens with zero attached hydrogens (tertiary/aromatic N) is 1. The van der Waals surface area contributed by atoms with Crippen molar-refractivity contribution in [1.82, 2.24) is 10.2 Å². The second-order valence-electron chi connectivity index (χ2n) is 7.09. The fraction of sp³-hybridized carbons (Fsp3) is 0.875. The third-order valence-electron chi connectivity index (χ3n) is 5.56. The summed E-state index contributed by atoms with van der Waals surface area (Å²) < 4.78 is 38.9. The van der Waals surface area contributed by atoms with Gasteiger partial charge in [0.2, 0.25) is 11.8 Å². The minimum atomic E-state index is -4.23. The van der Waals surface area contributed by atoms with Gasteiger partial charge in [0.25, 0.3) is 0 Å². The molecule has 130 valence electrons. The third kappa shape index (κ3) is 3.48.